The number of nitrogens with one attached hydrogen (secondary N) is 1. The Hall–Kier alpha value is -1.23. The first-order chi connectivity index (χ1) is 8.11. The van der Waals surface area contributed by atoms with Gasteiger partial charge in [0.05, 0.1) is 18.7 Å². The van der Waals surface area contributed by atoms with Crippen LogP contribution in [0, 0.1) is 5.92 Å². The van der Waals surface area contributed by atoms with E-state index in [4.69, 9.17) is 9.84 Å². The van der Waals surface area contributed by atoms with Gasteiger partial charge in [-0.3, -0.25) is 4.79 Å². The van der Waals surface area contributed by atoms with Crippen LogP contribution in [0.1, 0.15) is 12.8 Å². The first-order valence-electron chi connectivity index (χ1n) is 5.44. The van der Waals surface area contributed by atoms with Gasteiger partial charge in [0.2, 0.25) is 0 Å². The van der Waals surface area contributed by atoms with Crippen LogP contribution in [0.5, 0.6) is 5.75 Å². The second kappa shape index (κ2) is 4.96. The minimum absolute atomic E-state index is 0.00398. The summed E-state index contributed by atoms with van der Waals surface area (Å²) >= 11 is 3.39. The fraction of sp³-hybridized carbons (Fsp3) is 0.417. The molecule has 1 fully saturated rings. The highest BCUT2D eigenvalue weighted by atomic mass is 79.9. The van der Waals surface area contributed by atoms with Crippen LogP contribution in [0.4, 0.5) is 5.69 Å². The first-order valence-corrected chi connectivity index (χ1v) is 6.24. The fourth-order valence-corrected chi connectivity index (χ4v) is 2.32. The summed E-state index contributed by atoms with van der Waals surface area (Å²) in [5.74, 6) is -0.300. The van der Waals surface area contributed by atoms with Crippen molar-refractivity contribution in [2.45, 2.75) is 18.9 Å². The van der Waals surface area contributed by atoms with Gasteiger partial charge < -0.3 is 15.2 Å². The zero-order chi connectivity index (χ0) is 12.4. The van der Waals surface area contributed by atoms with E-state index in [1.807, 2.05) is 18.2 Å². The largest absolute Gasteiger partial charge is 0.495 e. The lowest BCUT2D eigenvalue weighted by atomic mass is 9.79. The van der Waals surface area contributed by atoms with Gasteiger partial charge in [-0.05, 0) is 31.0 Å². The molecule has 2 N–H and O–H groups in total. The van der Waals surface area contributed by atoms with Crippen LogP contribution in [0.15, 0.2) is 22.7 Å². The lowest BCUT2D eigenvalue weighted by Crippen LogP contribution is -2.43. The van der Waals surface area contributed by atoms with Crippen molar-refractivity contribution in [3.63, 3.8) is 0 Å². The number of carboxylic acids is 1. The molecule has 1 aromatic rings. The van der Waals surface area contributed by atoms with Crippen LogP contribution < -0.4 is 10.1 Å². The average molecular weight is 300 g/mol. The number of rotatable bonds is 4. The molecule has 0 bridgehead atoms. The van der Waals surface area contributed by atoms with Crippen molar-refractivity contribution in [1.29, 1.82) is 0 Å². The highest BCUT2D eigenvalue weighted by Gasteiger charge is 2.36. The third-order valence-corrected chi connectivity index (χ3v) is 3.59. The highest BCUT2D eigenvalue weighted by molar-refractivity contribution is 9.10. The molecular weight excluding hydrogens is 286 g/mol. The molecule has 4 nitrogen and oxygen atoms in total. The van der Waals surface area contributed by atoms with Gasteiger partial charge in [-0.15, -0.1) is 0 Å². The molecule has 0 spiro atoms. The number of hydrogen-bond acceptors (Lipinski definition) is 3. The number of carbonyl (C=O) groups is 1. The molecule has 0 heterocycles. The predicted octanol–water partition coefficient (Wildman–Crippen LogP) is 2.73. The van der Waals surface area contributed by atoms with Gasteiger partial charge in [0.25, 0.3) is 0 Å². The van der Waals surface area contributed by atoms with Gasteiger partial charge in [0, 0.05) is 10.5 Å². The molecule has 0 radical (unpaired) electrons. The normalized spacial score (nSPS) is 22.7. The molecule has 5 heteroatoms. The van der Waals surface area contributed by atoms with E-state index in [2.05, 4.69) is 21.2 Å². The van der Waals surface area contributed by atoms with Gasteiger partial charge in [0.15, 0.2) is 0 Å². The molecule has 1 aliphatic carbocycles. The van der Waals surface area contributed by atoms with E-state index < -0.39 is 5.97 Å². The van der Waals surface area contributed by atoms with E-state index in [1.165, 1.54) is 0 Å². The van der Waals surface area contributed by atoms with Gasteiger partial charge in [-0.1, -0.05) is 15.9 Å². The number of aliphatic carboxylic acids is 1. The highest BCUT2D eigenvalue weighted by Crippen LogP contribution is 2.35. The summed E-state index contributed by atoms with van der Waals surface area (Å²) < 4.78 is 6.17. The summed E-state index contributed by atoms with van der Waals surface area (Å²) in [6.45, 7) is 0. The monoisotopic (exact) mass is 299 g/mol. The summed E-state index contributed by atoms with van der Waals surface area (Å²) in [6.07, 6.45) is 1.62. The van der Waals surface area contributed by atoms with E-state index in [0.717, 1.165) is 28.8 Å². The van der Waals surface area contributed by atoms with Crippen molar-refractivity contribution >= 4 is 27.6 Å². The van der Waals surface area contributed by atoms with E-state index in [9.17, 15) is 4.79 Å². The molecule has 0 aromatic heterocycles. The Balaban J connectivity index is 2.13. The minimum atomic E-state index is -0.734. The van der Waals surface area contributed by atoms with Crippen molar-refractivity contribution in [2.24, 2.45) is 5.92 Å². The zero-order valence-corrected chi connectivity index (χ0v) is 11.0. The molecular formula is C12H14BrNO3. The molecule has 1 aromatic carbocycles. The van der Waals surface area contributed by atoms with Crippen molar-refractivity contribution in [2.75, 3.05) is 12.4 Å². The minimum Gasteiger partial charge on any atom is -0.495 e. The summed E-state index contributed by atoms with van der Waals surface area (Å²) in [6, 6.07) is 5.63. The Morgan fingerprint density at radius 3 is 2.82 bits per heavy atom. The first kappa shape index (κ1) is 12.2. The number of benzene rings is 1. The third-order valence-electron chi connectivity index (χ3n) is 3.09. The maximum atomic E-state index is 10.9. The molecule has 92 valence electrons. The maximum Gasteiger partial charge on any atom is 0.308 e. The molecule has 17 heavy (non-hydrogen) atoms. The van der Waals surface area contributed by atoms with Crippen molar-refractivity contribution < 1.29 is 14.6 Å². The SMILES string of the molecule is COc1ccc(Br)cc1NC1CCC1C(=O)O. The third kappa shape index (κ3) is 2.54. The molecule has 2 unspecified atom stereocenters. The average Bonchev–Trinajstić information content (AvgIpc) is 2.23. The van der Waals surface area contributed by atoms with Crippen LogP contribution in [0.3, 0.4) is 0 Å². The Morgan fingerprint density at radius 2 is 2.29 bits per heavy atom. The number of hydrogen-bond donors (Lipinski definition) is 2. The van der Waals surface area contributed by atoms with E-state index in [1.54, 1.807) is 7.11 Å². The quantitative estimate of drug-likeness (QED) is 0.897. The predicted molar refractivity (Wildman–Crippen MR) is 68.5 cm³/mol. The van der Waals surface area contributed by atoms with E-state index in [0.29, 0.717) is 0 Å². The number of carboxylic acid groups (broad SMARTS) is 1. The van der Waals surface area contributed by atoms with Crippen LogP contribution in [0.2, 0.25) is 0 Å². The smallest absolute Gasteiger partial charge is 0.308 e. The van der Waals surface area contributed by atoms with Crippen LogP contribution >= 0.6 is 15.9 Å². The lowest BCUT2D eigenvalue weighted by molar-refractivity contribution is -0.144. The van der Waals surface area contributed by atoms with Gasteiger partial charge >= 0.3 is 5.97 Å². The Labute approximate surface area is 108 Å². The molecule has 0 amide bonds. The fourth-order valence-electron chi connectivity index (χ4n) is 1.96. The summed E-state index contributed by atoms with van der Waals surface area (Å²) in [7, 11) is 1.60. The van der Waals surface area contributed by atoms with E-state index in [-0.39, 0.29) is 12.0 Å². The number of halogens is 1. The molecule has 0 aliphatic heterocycles. The van der Waals surface area contributed by atoms with Gasteiger partial charge in [-0.25, -0.2) is 0 Å². The second-order valence-electron chi connectivity index (χ2n) is 4.12. The molecule has 1 saturated carbocycles. The van der Waals surface area contributed by atoms with Crippen molar-refractivity contribution in [3.05, 3.63) is 22.7 Å². The molecule has 1 aliphatic rings. The summed E-state index contributed by atoms with van der Waals surface area (Å²) in [5, 5.41) is 12.2. The molecule has 0 saturated heterocycles. The molecule has 2 rings (SSSR count). The second-order valence-corrected chi connectivity index (χ2v) is 5.03. The Morgan fingerprint density at radius 1 is 1.53 bits per heavy atom. The lowest BCUT2D eigenvalue weighted by Gasteiger charge is -2.35. The van der Waals surface area contributed by atoms with Crippen LogP contribution in [0.25, 0.3) is 0 Å². The van der Waals surface area contributed by atoms with Gasteiger partial charge in [-0.2, -0.15) is 0 Å². The van der Waals surface area contributed by atoms with Crippen molar-refractivity contribution in [1.82, 2.24) is 0 Å². The van der Waals surface area contributed by atoms with Gasteiger partial charge in [0.1, 0.15) is 5.75 Å². The van der Waals surface area contributed by atoms with E-state index >= 15 is 0 Å². The summed E-state index contributed by atoms with van der Waals surface area (Å²) in [4.78, 5) is 10.9. The van der Waals surface area contributed by atoms with Crippen LogP contribution in [-0.4, -0.2) is 24.2 Å². The topological polar surface area (TPSA) is 58.6 Å². The Bertz CT molecular complexity index is 436. The van der Waals surface area contributed by atoms with Crippen molar-refractivity contribution in [3.8, 4) is 5.75 Å². The Kier molecular flexibility index (Phi) is 3.57. The molecule has 2 atom stereocenters. The number of methoxy groups -OCH3 is 1. The number of ether oxygens (including phenoxy) is 1. The zero-order valence-electron chi connectivity index (χ0n) is 9.44. The number of anilines is 1. The maximum absolute atomic E-state index is 10.9. The standard InChI is InChI=1S/C12H14BrNO3/c1-17-11-5-2-7(13)6-10(11)14-9-4-3-8(9)12(15)16/h2,5-6,8-9,14H,3-4H2,1H3,(H,15,16). The summed E-state index contributed by atoms with van der Waals surface area (Å²) in [5.41, 5.74) is 0.831. The van der Waals surface area contributed by atoms with Crippen LogP contribution in [-0.2, 0) is 4.79 Å².